The second kappa shape index (κ2) is 9.11. The van der Waals surface area contributed by atoms with Crippen molar-refractivity contribution in [2.75, 3.05) is 11.1 Å². The molecule has 0 saturated carbocycles. The second-order valence-corrected chi connectivity index (χ2v) is 8.47. The first-order valence-corrected chi connectivity index (χ1v) is 11.1. The molecule has 1 amide bonds. The molecule has 0 fully saturated rings. The van der Waals surface area contributed by atoms with Gasteiger partial charge in [-0.05, 0) is 23.8 Å². The standard InChI is InChI=1S/C23H19N3O2S2/c1-2-13-26-22(28)18-14-19(16-9-5-3-6-10-16)30-21(18)25-23(26)29-15-20(27)24-17-11-7-4-8-12-17/h2-12,14H,1,13,15H2,(H,24,27). The summed E-state index contributed by atoms with van der Waals surface area (Å²) < 4.78 is 1.57. The quantitative estimate of drug-likeness (QED) is 0.252. The molecule has 0 saturated heterocycles. The zero-order chi connectivity index (χ0) is 20.9. The number of anilines is 1. The lowest BCUT2D eigenvalue weighted by Gasteiger charge is -2.10. The van der Waals surface area contributed by atoms with Gasteiger partial charge in [0, 0.05) is 17.1 Å². The lowest BCUT2D eigenvalue weighted by molar-refractivity contribution is -0.113. The van der Waals surface area contributed by atoms with Crippen LogP contribution in [0.3, 0.4) is 0 Å². The van der Waals surface area contributed by atoms with E-state index in [1.807, 2.05) is 66.7 Å². The molecule has 0 radical (unpaired) electrons. The molecule has 150 valence electrons. The van der Waals surface area contributed by atoms with E-state index in [1.165, 1.54) is 23.1 Å². The summed E-state index contributed by atoms with van der Waals surface area (Å²) in [6.07, 6.45) is 1.66. The number of thiophene rings is 1. The van der Waals surface area contributed by atoms with Gasteiger partial charge in [0.05, 0.1) is 11.1 Å². The van der Waals surface area contributed by atoms with Crippen LogP contribution in [0.2, 0.25) is 0 Å². The van der Waals surface area contributed by atoms with Gasteiger partial charge in [0.2, 0.25) is 5.91 Å². The Labute approximate surface area is 182 Å². The molecule has 2 aromatic heterocycles. The number of hydrogen-bond acceptors (Lipinski definition) is 5. The van der Waals surface area contributed by atoms with Crippen LogP contribution >= 0.6 is 23.1 Å². The number of thioether (sulfide) groups is 1. The topological polar surface area (TPSA) is 64.0 Å². The summed E-state index contributed by atoms with van der Waals surface area (Å²) >= 11 is 2.73. The summed E-state index contributed by atoms with van der Waals surface area (Å²) in [6.45, 7) is 4.08. The van der Waals surface area contributed by atoms with E-state index in [9.17, 15) is 9.59 Å². The van der Waals surface area contributed by atoms with Gasteiger partial charge in [0.25, 0.3) is 5.56 Å². The Balaban J connectivity index is 1.63. The van der Waals surface area contributed by atoms with Gasteiger partial charge in [-0.3, -0.25) is 14.2 Å². The number of carbonyl (C=O) groups is 1. The van der Waals surface area contributed by atoms with E-state index in [0.717, 1.165) is 16.1 Å². The van der Waals surface area contributed by atoms with E-state index >= 15 is 0 Å². The summed E-state index contributed by atoms with van der Waals surface area (Å²) in [5.74, 6) is 0.00261. The number of benzene rings is 2. The number of fused-ring (bicyclic) bond motifs is 1. The van der Waals surface area contributed by atoms with Crippen molar-refractivity contribution in [3.8, 4) is 10.4 Å². The van der Waals surface area contributed by atoms with Gasteiger partial charge in [0.15, 0.2) is 5.16 Å². The molecule has 0 aliphatic rings. The van der Waals surface area contributed by atoms with E-state index in [-0.39, 0.29) is 17.2 Å². The van der Waals surface area contributed by atoms with Gasteiger partial charge in [-0.2, -0.15) is 0 Å². The van der Waals surface area contributed by atoms with Gasteiger partial charge >= 0.3 is 0 Å². The maximum absolute atomic E-state index is 13.1. The van der Waals surface area contributed by atoms with Crippen molar-refractivity contribution in [2.24, 2.45) is 0 Å². The van der Waals surface area contributed by atoms with E-state index in [4.69, 9.17) is 4.98 Å². The summed E-state index contributed by atoms with van der Waals surface area (Å²) in [6, 6.07) is 21.1. The van der Waals surface area contributed by atoms with Crippen LogP contribution in [0.4, 0.5) is 5.69 Å². The fourth-order valence-electron chi connectivity index (χ4n) is 2.99. The van der Waals surface area contributed by atoms with Crippen LogP contribution in [-0.4, -0.2) is 21.2 Å². The minimum Gasteiger partial charge on any atom is -0.325 e. The first kappa shape index (κ1) is 20.1. The summed E-state index contributed by atoms with van der Waals surface area (Å²) in [7, 11) is 0. The van der Waals surface area contributed by atoms with Crippen LogP contribution < -0.4 is 10.9 Å². The highest BCUT2D eigenvalue weighted by molar-refractivity contribution is 7.99. The predicted octanol–water partition coefficient (Wildman–Crippen LogP) is 5.04. The molecule has 0 aliphatic heterocycles. The predicted molar refractivity (Wildman–Crippen MR) is 125 cm³/mol. The molecule has 5 nitrogen and oxygen atoms in total. The van der Waals surface area contributed by atoms with Gasteiger partial charge < -0.3 is 5.32 Å². The van der Waals surface area contributed by atoms with Crippen LogP contribution in [0.5, 0.6) is 0 Å². The third-order valence-corrected chi connectivity index (χ3v) is 6.43. The molecular weight excluding hydrogens is 414 g/mol. The maximum atomic E-state index is 13.1. The molecule has 0 unspecified atom stereocenters. The fraction of sp³-hybridized carbons (Fsp3) is 0.0870. The van der Waals surface area contributed by atoms with E-state index in [2.05, 4.69) is 11.9 Å². The van der Waals surface area contributed by atoms with Gasteiger partial charge in [-0.15, -0.1) is 17.9 Å². The highest BCUT2D eigenvalue weighted by Gasteiger charge is 2.16. The van der Waals surface area contributed by atoms with Crippen molar-refractivity contribution >= 4 is 44.9 Å². The largest absolute Gasteiger partial charge is 0.325 e. The van der Waals surface area contributed by atoms with Gasteiger partial charge in [-0.1, -0.05) is 66.4 Å². The third-order valence-electron chi connectivity index (χ3n) is 4.38. The van der Waals surface area contributed by atoms with Crippen molar-refractivity contribution in [1.29, 1.82) is 0 Å². The molecule has 4 aromatic rings. The van der Waals surface area contributed by atoms with Crippen molar-refractivity contribution < 1.29 is 4.79 Å². The monoisotopic (exact) mass is 433 g/mol. The van der Waals surface area contributed by atoms with E-state index < -0.39 is 0 Å². The number of nitrogens with one attached hydrogen (secondary N) is 1. The molecule has 0 atom stereocenters. The molecule has 2 heterocycles. The third kappa shape index (κ3) is 4.37. The number of allylic oxidation sites excluding steroid dienone is 1. The maximum Gasteiger partial charge on any atom is 0.263 e. The summed E-state index contributed by atoms with van der Waals surface area (Å²) in [5.41, 5.74) is 1.66. The number of nitrogens with zero attached hydrogens (tertiary/aromatic N) is 2. The average Bonchev–Trinajstić information content (AvgIpc) is 3.20. The van der Waals surface area contributed by atoms with Gasteiger partial charge in [0.1, 0.15) is 4.83 Å². The lowest BCUT2D eigenvalue weighted by atomic mass is 10.2. The molecule has 0 aliphatic carbocycles. The molecule has 1 N–H and O–H groups in total. The van der Waals surface area contributed by atoms with Gasteiger partial charge in [-0.25, -0.2) is 4.98 Å². The molecule has 7 heteroatoms. The first-order chi connectivity index (χ1) is 14.7. The summed E-state index contributed by atoms with van der Waals surface area (Å²) in [5, 5.41) is 3.94. The Hall–Kier alpha value is -3.16. The molecule has 0 spiro atoms. The van der Waals surface area contributed by atoms with Crippen LogP contribution in [0.25, 0.3) is 20.7 Å². The second-order valence-electron chi connectivity index (χ2n) is 6.50. The molecule has 0 bridgehead atoms. The number of rotatable bonds is 7. The van der Waals surface area contributed by atoms with Crippen LogP contribution in [0.1, 0.15) is 0 Å². The number of hydrogen-bond donors (Lipinski definition) is 1. The van der Waals surface area contributed by atoms with Crippen molar-refractivity contribution in [1.82, 2.24) is 9.55 Å². The highest BCUT2D eigenvalue weighted by atomic mass is 32.2. The number of amides is 1. The van der Waals surface area contributed by atoms with E-state index in [1.54, 1.807) is 10.6 Å². The fourth-order valence-corrected chi connectivity index (χ4v) is 4.88. The van der Waals surface area contributed by atoms with Crippen molar-refractivity contribution in [3.05, 3.63) is 89.7 Å². The van der Waals surface area contributed by atoms with Crippen LogP contribution in [-0.2, 0) is 11.3 Å². The normalized spacial score (nSPS) is 10.8. The Morgan fingerprint density at radius 1 is 1.13 bits per heavy atom. The Bertz CT molecular complexity index is 1250. The Morgan fingerprint density at radius 3 is 2.53 bits per heavy atom. The lowest BCUT2D eigenvalue weighted by Crippen LogP contribution is -2.23. The van der Waals surface area contributed by atoms with Crippen LogP contribution in [0.15, 0.2) is 89.3 Å². The van der Waals surface area contributed by atoms with Crippen molar-refractivity contribution in [3.63, 3.8) is 0 Å². The average molecular weight is 434 g/mol. The zero-order valence-electron chi connectivity index (χ0n) is 16.1. The number of aromatic nitrogens is 2. The highest BCUT2D eigenvalue weighted by Crippen LogP contribution is 2.32. The molecule has 4 rings (SSSR count). The molecule has 2 aromatic carbocycles. The minimum atomic E-state index is -0.151. The minimum absolute atomic E-state index is 0.121. The summed E-state index contributed by atoms with van der Waals surface area (Å²) in [4.78, 5) is 31.8. The smallest absolute Gasteiger partial charge is 0.263 e. The van der Waals surface area contributed by atoms with Crippen LogP contribution in [0, 0.1) is 0 Å². The number of para-hydroxylation sites is 1. The Kier molecular flexibility index (Phi) is 6.11. The molecule has 30 heavy (non-hydrogen) atoms. The van der Waals surface area contributed by atoms with E-state index in [0.29, 0.717) is 21.9 Å². The Morgan fingerprint density at radius 2 is 1.83 bits per heavy atom. The SMILES string of the molecule is C=CCn1c(SCC(=O)Nc2ccccc2)nc2sc(-c3ccccc3)cc2c1=O. The number of carbonyl (C=O) groups excluding carboxylic acids is 1. The zero-order valence-corrected chi connectivity index (χ0v) is 17.7. The molecular formula is C23H19N3O2S2. The van der Waals surface area contributed by atoms with Crippen molar-refractivity contribution in [2.45, 2.75) is 11.7 Å². The first-order valence-electron chi connectivity index (χ1n) is 9.34.